The van der Waals surface area contributed by atoms with Gasteiger partial charge >= 0.3 is 12.1 Å². The van der Waals surface area contributed by atoms with Crippen molar-refractivity contribution in [3.8, 4) is 0 Å². The number of aromatic carboxylic acids is 1. The second-order valence-electron chi connectivity index (χ2n) is 5.35. The molecule has 1 amide bonds. The molecular weight excluding hydrogens is 324 g/mol. The van der Waals surface area contributed by atoms with E-state index in [1.807, 2.05) is 18.2 Å². The molecule has 0 aliphatic heterocycles. The van der Waals surface area contributed by atoms with E-state index in [4.69, 9.17) is 10.5 Å². The maximum absolute atomic E-state index is 12.4. The van der Waals surface area contributed by atoms with E-state index < -0.39 is 18.0 Å². The summed E-state index contributed by atoms with van der Waals surface area (Å²) < 4.78 is 6.29. The third-order valence-corrected chi connectivity index (χ3v) is 3.72. The number of aromatic nitrogens is 1. The second kappa shape index (κ2) is 6.48. The van der Waals surface area contributed by atoms with Crippen molar-refractivity contribution < 1.29 is 24.2 Å². The number of primary amides is 1. The van der Waals surface area contributed by atoms with E-state index in [2.05, 4.69) is 0 Å². The number of hydrogen-bond donors (Lipinski definition) is 2. The molecule has 25 heavy (non-hydrogen) atoms. The Hall–Kier alpha value is -3.61. The number of carbonyl (C=O) groups is 3. The zero-order chi connectivity index (χ0) is 18.0. The summed E-state index contributed by atoms with van der Waals surface area (Å²) in [6.45, 7) is 0.0389. The topological polar surface area (TPSA) is 112 Å². The number of ether oxygens (including phenoxy) is 1. The van der Waals surface area contributed by atoms with Crippen molar-refractivity contribution in [3.63, 3.8) is 0 Å². The van der Waals surface area contributed by atoms with Gasteiger partial charge in [0.25, 0.3) is 0 Å². The monoisotopic (exact) mass is 338 g/mol. The first-order valence-electron chi connectivity index (χ1n) is 7.36. The number of nitrogens with two attached hydrogens (primary N) is 1. The Bertz CT molecular complexity index is 976. The summed E-state index contributed by atoms with van der Waals surface area (Å²) in [5.41, 5.74) is 6.39. The maximum Gasteiger partial charge on any atom is 0.418 e. The Morgan fingerprint density at radius 3 is 2.44 bits per heavy atom. The summed E-state index contributed by atoms with van der Waals surface area (Å²) in [4.78, 5) is 35.1. The van der Waals surface area contributed by atoms with Gasteiger partial charge in [0.15, 0.2) is 0 Å². The highest BCUT2D eigenvalue weighted by Gasteiger charge is 2.19. The fourth-order valence-corrected chi connectivity index (χ4v) is 2.49. The standard InChI is InChI=1S/C18H14N2O5/c19-16(21)12-6-7-13-14(17(22)23)9-20(15(13)8-12)18(24)25-10-11-4-2-1-3-5-11/h1-9H,10H2,(H2,19,21)(H,22,23). The number of carboxylic acid groups (broad SMARTS) is 1. The van der Waals surface area contributed by atoms with E-state index >= 15 is 0 Å². The Morgan fingerprint density at radius 1 is 1.08 bits per heavy atom. The van der Waals surface area contributed by atoms with Crippen LogP contribution in [0.3, 0.4) is 0 Å². The third-order valence-electron chi connectivity index (χ3n) is 3.72. The maximum atomic E-state index is 12.4. The quantitative estimate of drug-likeness (QED) is 0.759. The Kier molecular flexibility index (Phi) is 4.21. The molecule has 0 saturated carbocycles. The minimum Gasteiger partial charge on any atom is -0.478 e. The van der Waals surface area contributed by atoms with Crippen LogP contribution in [0.4, 0.5) is 4.79 Å². The molecule has 0 radical (unpaired) electrons. The SMILES string of the molecule is NC(=O)c1ccc2c(C(=O)O)cn(C(=O)OCc3ccccc3)c2c1. The zero-order valence-electron chi connectivity index (χ0n) is 13.0. The Labute approximate surface area is 142 Å². The summed E-state index contributed by atoms with van der Waals surface area (Å²) in [5, 5.41) is 9.62. The van der Waals surface area contributed by atoms with E-state index in [0.29, 0.717) is 5.39 Å². The molecule has 1 aromatic heterocycles. The molecule has 0 saturated heterocycles. The number of rotatable bonds is 4. The van der Waals surface area contributed by atoms with Crippen LogP contribution in [0.25, 0.3) is 10.9 Å². The van der Waals surface area contributed by atoms with Crippen molar-refractivity contribution in [2.75, 3.05) is 0 Å². The molecule has 3 aromatic rings. The van der Waals surface area contributed by atoms with Gasteiger partial charge in [-0.3, -0.25) is 9.36 Å². The van der Waals surface area contributed by atoms with Crippen LogP contribution < -0.4 is 5.73 Å². The number of benzene rings is 2. The van der Waals surface area contributed by atoms with Crippen LogP contribution in [0.15, 0.2) is 54.7 Å². The third kappa shape index (κ3) is 3.20. The number of nitrogens with zero attached hydrogens (tertiary/aromatic N) is 1. The molecule has 0 unspecified atom stereocenters. The van der Waals surface area contributed by atoms with Gasteiger partial charge in [-0.1, -0.05) is 36.4 Å². The molecule has 7 heteroatoms. The Morgan fingerprint density at radius 2 is 1.80 bits per heavy atom. The molecule has 0 atom stereocenters. The fourth-order valence-electron chi connectivity index (χ4n) is 2.49. The summed E-state index contributed by atoms with van der Waals surface area (Å²) in [7, 11) is 0. The number of fused-ring (bicyclic) bond motifs is 1. The largest absolute Gasteiger partial charge is 0.478 e. The smallest absolute Gasteiger partial charge is 0.418 e. The molecule has 2 aromatic carbocycles. The van der Waals surface area contributed by atoms with Crippen LogP contribution in [0.5, 0.6) is 0 Å². The van der Waals surface area contributed by atoms with Crippen molar-refractivity contribution in [2.24, 2.45) is 5.73 Å². The van der Waals surface area contributed by atoms with Gasteiger partial charge in [-0.25, -0.2) is 9.59 Å². The van der Waals surface area contributed by atoms with Gasteiger partial charge in [-0.15, -0.1) is 0 Å². The highest BCUT2D eigenvalue weighted by atomic mass is 16.5. The van der Waals surface area contributed by atoms with Crippen molar-refractivity contribution >= 4 is 28.9 Å². The normalized spacial score (nSPS) is 10.6. The van der Waals surface area contributed by atoms with Crippen molar-refractivity contribution in [2.45, 2.75) is 6.61 Å². The average Bonchev–Trinajstić information content (AvgIpc) is 2.99. The fraction of sp³-hybridized carbons (Fsp3) is 0.0556. The van der Waals surface area contributed by atoms with Gasteiger partial charge in [0, 0.05) is 17.1 Å². The Balaban J connectivity index is 1.98. The minimum absolute atomic E-state index is 0.0389. The highest BCUT2D eigenvalue weighted by Crippen LogP contribution is 2.23. The van der Waals surface area contributed by atoms with E-state index in [-0.39, 0.29) is 23.3 Å². The van der Waals surface area contributed by atoms with Gasteiger partial charge in [0.1, 0.15) is 6.61 Å². The predicted octanol–water partition coefficient (Wildman–Crippen LogP) is 2.62. The second-order valence-corrected chi connectivity index (χ2v) is 5.35. The lowest BCUT2D eigenvalue weighted by atomic mass is 10.1. The first-order chi connectivity index (χ1) is 12.0. The molecule has 3 N–H and O–H groups in total. The first-order valence-corrected chi connectivity index (χ1v) is 7.36. The van der Waals surface area contributed by atoms with Crippen molar-refractivity contribution in [1.82, 2.24) is 4.57 Å². The first kappa shape index (κ1) is 16.3. The van der Waals surface area contributed by atoms with Crippen LogP contribution in [0, 0.1) is 0 Å². The number of carboxylic acids is 1. The molecule has 0 fully saturated rings. The lowest BCUT2D eigenvalue weighted by Gasteiger charge is -2.07. The summed E-state index contributed by atoms with van der Waals surface area (Å²) in [6, 6.07) is 13.3. The van der Waals surface area contributed by atoms with Gasteiger partial charge in [0.2, 0.25) is 5.91 Å². The molecule has 1 heterocycles. The number of amides is 1. The summed E-state index contributed by atoms with van der Waals surface area (Å²) >= 11 is 0. The van der Waals surface area contributed by atoms with E-state index in [9.17, 15) is 19.5 Å². The van der Waals surface area contributed by atoms with Gasteiger partial charge in [0.05, 0.1) is 11.1 Å². The molecule has 7 nitrogen and oxygen atoms in total. The van der Waals surface area contributed by atoms with Crippen molar-refractivity contribution in [1.29, 1.82) is 0 Å². The molecule has 126 valence electrons. The molecule has 0 aliphatic rings. The summed E-state index contributed by atoms with van der Waals surface area (Å²) in [6.07, 6.45) is 0.424. The van der Waals surface area contributed by atoms with Gasteiger partial charge in [-0.05, 0) is 17.7 Å². The average molecular weight is 338 g/mol. The zero-order valence-corrected chi connectivity index (χ0v) is 13.0. The van der Waals surface area contributed by atoms with Gasteiger partial charge < -0.3 is 15.6 Å². The number of hydrogen-bond acceptors (Lipinski definition) is 4. The molecule has 0 bridgehead atoms. The lowest BCUT2D eigenvalue weighted by molar-refractivity contribution is 0.0698. The van der Waals surface area contributed by atoms with Gasteiger partial charge in [-0.2, -0.15) is 0 Å². The van der Waals surface area contributed by atoms with Crippen LogP contribution >= 0.6 is 0 Å². The molecule has 0 aliphatic carbocycles. The minimum atomic E-state index is -1.19. The highest BCUT2D eigenvalue weighted by molar-refractivity contribution is 6.08. The van der Waals surface area contributed by atoms with Crippen LogP contribution in [0.1, 0.15) is 26.3 Å². The van der Waals surface area contributed by atoms with Crippen LogP contribution in [0.2, 0.25) is 0 Å². The van der Waals surface area contributed by atoms with Crippen molar-refractivity contribution in [3.05, 3.63) is 71.4 Å². The van der Waals surface area contributed by atoms with E-state index in [1.165, 1.54) is 24.4 Å². The molecular formula is C18H14N2O5. The summed E-state index contributed by atoms with van der Waals surface area (Å²) in [5.74, 6) is -1.87. The molecule has 3 rings (SSSR count). The lowest BCUT2D eigenvalue weighted by Crippen LogP contribution is -2.14. The predicted molar refractivity (Wildman–Crippen MR) is 89.4 cm³/mol. The van der Waals surface area contributed by atoms with Crippen LogP contribution in [-0.4, -0.2) is 27.6 Å². The number of carbonyl (C=O) groups excluding carboxylic acids is 2. The van der Waals surface area contributed by atoms with Crippen LogP contribution in [-0.2, 0) is 11.3 Å². The molecule has 0 spiro atoms. The van der Waals surface area contributed by atoms with E-state index in [0.717, 1.165) is 10.1 Å². The van der Waals surface area contributed by atoms with E-state index in [1.54, 1.807) is 12.1 Å².